The van der Waals surface area contributed by atoms with E-state index in [1.54, 1.807) is 37.3 Å². The van der Waals surface area contributed by atoms with E-state index in [4.69, 9.17) is 4.74 Å². The van der Waals surface area contributed by atoms with Gasteiger partial charge in [0, 0.05) is 11.3 Å². The number of Topliss-reactive ketones (excluding diaryl/α,β-unsaturated/α-hetero) is 1. The van der Waals surface area contributed by atoms with Crippen molar-refractivity contribution in [2.45, 2.75) is 30.0 Å². The van der Waals surface area contributed by atoms with E-state index in [0.29, 0.717) is 26.8 Å². The molecule has 1 saturated heterocycles. The first-order valence-electron chi connectivity index (χ1n) is 12.1. The number of hydrogen-bond acceptors (Lipinski definition) is 9. The number of benzene rings is 3. The van der Waals surface area contributed by atoms with Crippen molar-refractivity contribution in [3.8, 4) is 11.5 Å². The second-order valence-corrected chi connectivity index (χ2v) is 11.3. The summed E-state index contributed by atoms with van der Waals surface area (Å²) in [7, 11) is 1.38. The average Bonchev–Trinajstić information content (AvgIpc) is 3.51. The molecule has 40 heavy (non-hydrogen) atoms. The van der Waals surface area contributed by atoms with Crippen LogP contribution in [0.25, 0.3) is 5.76 Å². The number of halogens is 1. The van der Waals surface area contributed by atoms with Gasteiger partial charge >= 0.3 is 5.91 Å². The first-order chi connectivity index (χ1) is 19.2. The van der Waals surface area contributed by atoms with Gasteiger partial charge in [0.1, 0.15) is 11.6 Å². The van der Waals surface area contributed by atoms with Crippen LogP contribution in [-0.4, -0.2) is 39.2 Å². The number of aliphatic hydroxyl groups excluding tert-OH is 1. The number of carbonyl (C=O) groups is 2. The number of thioether (sulfide) groups is 1. The number of amides is 1. The van der Waals surface area contributed by atoms with E-state index in [-0.39, 0.29) is 33.8 Å². The summed E-state index contributed by atoms with van der Waals surface area (Å²) in [6.45, 7) is 3.66. The fourth-order valence-corrected chi connectivity index (χ4v) is 6.31. The van der Waals surface area contributed by atoms with Crippen molar-refractivity contribution in [3.63, 3.8) is 0 Å². The van der Waals surface area contributed by atoms with E-state index in [1.807, 2.05) is 19.1 Å². The first-order valence-corrected chi connectivity index (χ1v) is 13.9. The topological polar surface area (TPSA) is 113 Å². The molecular weight excluding hydrogens is 553 g/mol. The third-order valence-electron chi connectivity index (χ3n) is 6.52. The maximum Gasteiger partial charge on any atom is 0.301 e. The molecule has 11 heteroatoms. The molecule has 1 fully saturated rings. The number of aromatic hydroxyl groups is 1. The summed E-state index contributed by atoms with van der Waals surface area (Å²) >= 11 is 2.32. The lowest BCUT2D eigenvalue weighted by Gasteiger charge is -2.23. The predicted octanol–water partition coefficient (Wildman–Crippen LogP) is 5.93. The number of hydrogen-bond donors (Lipinski definition) is 2. The van der Waals surface area contributed by atoms with Crippen molar-refractivity contribution >= 4 is 45.7 Å². The maximum absolute atomic E-state index is 14.1. The average molecular weight is 578 g/mol. The normalized spacial score (nSPS) is 16.5. The van der Waals surface area contributed by atoms with Crippen molar-refractivity contribution in [3.05, 3.63) is 99.9 Å². The largest absolute Gasteiger partial charge is 0.507 e. The predicted molar refractivity (Wildman–Crippen MR) is 151 cm³/mol. The summed E-state index contributed by atoms with van der Waals surface area (Å²) in [5.41, 5.74) is 2.80. The highest BCUT2D eigenvalue weighted by molar-refractivity contribution is 8.00. The molecule has 1 aliphatic rings. The van der Waals surface area contributed by atoms with E-state index in [2.05, 4.69) is 10.2 Å². The molecule has 0 bridgehead atoms. The van der Waals surface area contributed by atoms with Crippen LogP contribution in [0, 0.1) is 19.7 Å². The maximum atomic E-state index is 14.1. The van der Waals surface area contributed by atoms with Gasteiger partial charge in [-0.2, -0.15) is 0 Å². The van der Waals surface area contributed by atoms with Crippen molar-refractivity contribution in [1.82, 2.24) is 10.2 Å². The summed E-state index contributed by atoms with van der Waals surface area (Å²) in [6, 6.07) is 15.2. The number of carbonyl (C=O) groups excluding carboxylic acids is 2. The van der Waals surface area contributed by atoms with Crippen LogP contribution in [0.1, 0.15) is 33.9 Å². The van der Waals surface area contributed by atoms with Crippen LogP contribution >= 0.6 is 23.1 Å². The molecule has 5 rings (SSSR count). The molecule has 2 heterocycles. The Labute approximate surface area is 237 Å². The minimum atomic E-state index is -1.08. The Balaban J connectivity index is 1.60. The molecule has 0 saturated carbocycles. The second-order valence-electron chi connectivity index (χ2n) is 9.15. The molecule has 0 radical (unpaired) electrons. The lowest BCUT2D eigenvalue weighted by molar-refractivity contribution is -0.132. The van der Waals surface area contributed by atoms with Gasteiger partial charge in [0.2, 0.25) is 5.13 Å². The molecule has 3 aromatic carbocycles. The summed E-state index contributed by atoms with van der Waals surface area (Å²) < 4.78 is 19.8. The van der Waals surface area contributed by atoms with Gasteiger partial charge in [-0.15, -0.1) is 10.2 Å². The number of ether oxygens (including phenoxy) is 1. The quantitative estimate of drug-likeness (QED) is 0.0914. The van der Waals surface area contributed by atoms with E-state index < -0.39 is 17.7 Å². The van der Waals surface area contributed by atoms with E-state index in [1.165, 1.54) is 42.0 Å². The molecule has 1 aromatic heterocycles. The number of phenols is 1. The highest BCUT2D eigenvalue weighted by Gasteiger charge is 2.48. The van der Waals surface area contributed by atoms with Gasteiger partial charge < -0.3 is 14.9 Å². The number of rotatable bonds is 7. The monoisotopic (exact) mass is 577 g/mol. The Morgan fingerprint density at radius 1 is 1.10 bits per heavy atom. The number of methoxy groups -OCH3 is 1. The second kappa shape index (κ2) is 11.1. The Bertz CT molecular complexity index is 1670. The number of aliphatic hydroxyl groups is 1. The van der Waals surface area contributed by atoms with Gasteiger partial charge in [-0.05, 0) is 54.8 Å². The van der Waals surface area contributed by atoms with E-state index in [9.17, 15) is 24.2 Å². The van der Waals surface area contributed by atoms with Crippen LogP contribution in [-0.2, 0) is 15.3 Å². The van der Waals surface area contributed by atoms with Gasteiger partial charge in [-0.25, -0.2) is 4.39 Å². The van der Waals surface area contributed by atoms with Gasteiger partial charge in [-0.1, -0.05) is 65.1 Å². The number of ketones is 1. The third kappa shape index (κ3) is 5.05. The minimum absolute atomic E-state index is 0.123. The number of aromatic nitrogens is 2. The molecule has 8 nitrogen and oxygen atoms in total. The highest BCUT2D eigenvalue weighted by Crippen LogP contribution is 2.45. The molecule has 0 spiro atoms. The molecule has 1 atom stereocenters. The van der Waals surface area contributed by atoms with Crippen LogP contribution < -0.4 is 9.64 Å². The zero-order chi connectivity index (χ0) is 28.6. The molecule has 2 N–H and O–H groups in total. The molecule has 0 aliphatic carbocycles. The van der Waals surface area contributed by atoms with Crippen molar-refractivity contribution in [1.29, 1.82) is 0 Å². The minimum Gasteiger partial charge on any atom is -0.507 e. The van der Waals surface area contributed by atoms with Gasteiger partial charge in [0.25, 0.3) is 5.78 Å². The smallest absolute Gasteiger partial charge is 0.301 e. The first kappa shape index (κ1) is 27.4. The molecular formula is C29H24FN3O5S2. The molecule has 1 aliphatic heterocycles. The number of phenolic OH excluding ortho intramolecular Hbond substituents is 1. The van der Waals surface area contributed by atoms with Crippen LogP contribution in [0.4, 0.5) is 9.52 Å². The number of nitrogens with zero attached hydrogens (tertiary/aromatic N) is 3. The van der Waals surface area contributed by atoms with Crippen molar-refractivity contribution < 1.29 is 28.9 Å². The van der Waals surface area contributed by atoms with Gasteiger partial charge in [0.15, 0.2) is 15.8 Å². The summed E-state index contributed by atoms with van der Waals surface area (Å²) in [4.78, 5) is 28.1. The summed E-state index contributed by atoms with van der Waals surface area (Å²) in [6.07, 6.45) is 0. The van der Waals surface area contributed by atoms with Gasteiger partial charge in [0.05, 0.1) is 18.7 Å². The number of aryl methyl sites for hydroxylation is 2. The fraction of sp³-hybridized carbons (Fsp3) is 0.172. The van der Waals surface area contributed by atoms with Crippen molar-refractivity contribution in [2.75, 3.05) is 12.0 Å². The Hall–Kier alpha value is -4.22. The zero-order valence-corrected chi connectivity index (χ0v) is 23.3. The molecule has 204 valence electrons. The number of anilines is 1. The van der Waals surface area contributed by atoms with E-state index in [0.717, 1.165) is 22.5 Å². The summed E-state index contributed by atoms with van der Waals surface area (Å²) in [5, 5.41) is 30.1. The molecule has 1 unspecified atom stereocenters. The Kier molecular flexibility index (Phi) is 7.59. The fourth-order valence-electron chi connectivity index (χ4n) is 4.46. The zero-order valence-electron chi connectivity index (χ0n) is 21.7. The third-order valence-corrected chi connectivity index (χ3v) is 8.63. The van der Waals surface area contributed by atoms with Crippen LogP contribution in [0.15, 0.2) is 70.6 Å². The Morgan fingerprint density at radius 3 is 2.62 bits per heavy atom. The van der Waals surface area contributed by atoms with Crippen molar-refractivity contribution in [2.24, 2.45) is 0 Å². The SMILES string of the molecule is COc1cc(C2/C(=C(\O)c3cc(C)ccc3C)C(=O)C(=O)N2c2nnc(SCc3ccccc3F)s2)ccc1O. The molecule has 4 aromatic rings. The molecule has 1 amide bonds. The highest BCUT2D eigenvalue weighted by atomic mass is 32.2. The van der Waals surface area contributed by atoms with Crippen LogP contribution in [0.2, 0.25) is 0 Å². The lowest BCUT2D eigenvalue weighted by Crippen LogP contribution is -2.29. The lowest BCUT2D eigenvalue weighted by atomic mass is 9.93. The van der Waals surface area contributed by atoms with Crippen LogP contribution in [0.5, 0.6) is 11.5 Å². The Morgan fingerprint density at radius 2 is 1.88 bits per heavy atom. The van der Waals surface area contributed by atoms with Crippen LogP contribution in [0.3, 0.4) is 0 Å². The van der Waals surface area contributed by atoms with E-state index >= 15 is 0 Å². The summed E-state index contributed by atoms with van der Waals surface area (Å²) in [5.74, 6) is -2.12. The standard InChI is InChI=1S/C29H24FN3O5S2/c1-15-8-9-16(2)19(12-15)25(35)23-24(17-10-11-21(34)22(13-17)38-3)33(27(37)26(23)36)28-31-32-29(40-28)39-14-18-6-4-5-7-20(18)30/h4-13,24,34-35H,14H2,1-3H3/b25-23+. The van der Waals surface area contributed by atoms with Gasteiger partial charge in [-0.3, -0.25) is 14.5 Å².